The summed E-state index contributed by atoms with van der Waals surface area (Å²) in [4.78, 5) is 34.5. The summed E-state index contributed by atoms with van der Waals surface area (Å²) in [5.74, 6) is -2.25. The molecular weight excluding hydrogens is 326 g/mol. The van der Waals surface area contributed by atoms with E-state index in [0.717, 1.165) is 0 Å². The Bertz CT molecular complexity index is 661. The Morgan fingerprint density at radius 1 is 1.16 bits per heavy atom. The second-order valence-electron chi connectivity index (χ2n) is 5.65. The van der Waals surface area contributed by atoms with Gasteiger partial charge in [-0.25, -0.2) is 9.59 Å². The van der Waals surface area contributed by atoms with Crippen molar-refractivity contribution in [2.75, 3.05) is 13.2 Å². The number of rotatable bonds is 9. The number of benzene rings is 1. The molecule has 1 aromatic rings. The molecule has 0 aliphatic heterocycles. The maximum absolute atomic E-state index is 12.2. The normalized spacial score (nSPS) is 11.7. The summed E-state index contributed by atoms with van der Waals surface area (Å²) in [6.07, 6.45) is 0.120. The molecule has 0 aliphatic carbocycles. The standard InChI is InChI=1S/C18H23NO6/c1-4-24-18(23)14(16(11(2)3)17(21)22)9-12-5-7-13(8-6-12)25-10-15(19)20/h5-8,11H,4,9-10H2,1-3H3,(H2,19,20)(H,21,22). The van der Waals surface area contributed by atoms with Gasteiger partial charge in [0.05, 0.1) is 17.8 Å². The van der Waals surface area contributed by atoms with Gasteiger partial charge in [0.25, 0.3) is 5.91 Å². The number of ether oxygens (including phenoxy) is 2. The van der Waals surface area contributed by atoms with Gasteiger partial charge in [-0.05, 0) is 30.5 Å². The van der Waals surface area contributed by atoms with Gasteiger partial charge in [0.2, 0.25) is 0 Å². The van der Waals surface area contributed by atoms with Crippen LogP contribution in [0.4, 0.5) is 0 Å². The molecule has 0 aromatic heterocycles. The highest BCUT2D eigenvalue weighted by atomic mass is 16.5. The minimum Gasteiger partial charge on any atom is -0.484 e. The van der Waals surface area contributed by atoms with E-state index in [0.29, 0.717) is 11.3 Å². The predicted molar refractivity (Wildman–Crippen MR) is 91.0 cm³/mol. The Labute approximate surface area is 146 Å². The Balaban J connectivity index is 3.09. The maximum Gasteiger partial charge on any atom is 0.334 e. The summed E-state index contributed by atoms with van der Waals surface area (Å²) in [6, 6.07) is 6.62. The number of nitrogens with two attached hydrogens (primary N) is 1. The number of carbonyl (C=O) groups is 3. The third kappa shape index (κ3) is 6.29. The fourth-order valence-corrected chi connectivity index (χ4v) is 2.28. The van der Waals surface area contributed by atoms with Crippen LogP contribution in [0.1, 0.15) is 26.3 Å². The van der Waals surface area contributed by atoms with Crippen molar-refractivity contribution in [3.05, 3.63) is 41.0 Å². The number of hydrogen-bond acceptors (Lipinski definition) is 5. The molecule has 0 spiro atoms. The van der Waals surface area contributed by atoms with E-state index in [2.05, 4.69) is 0 Å². The van der Waals surface area contributed by atoms with Crippen molar-refractivity contribution in [2.45, 2.75) is 27.2 Å². The van der Waals surface area contributed by atoms with Crippen LogP contribution in [0.3, 0.4) is 0 Å². The SMILES string of the molecule is CCOC(=O)C(Cc1ccc(OCC(N)=O)cc1)=C(C(=O)O)C(C)C. The van der Waals surface area contributed by atoms with Crippen LogP contribution in [0.2, 0.25) is 0 Å². The zero-order valence-electron chi connectivity index (χ0n) is 14.6. The predicted octanol–water partition coefficient (Wildman–Crippen LogP) is 1.69. The van der Waals surface area contributed by atoms with Gasteiger partial charge in [-0.3, -0.25) is 4.79 Å². The first-order chi connectivity index (χ1) is 11.8. The summed E-state index contributed by atoms with van der Waals surface area (Å²) in [7, 11) is 0. The average Bonchev–Trinajstić information content (AvgIpc) is 2.53. The van der Waals surface area contributed by atoms with Crippen molar-refractivity contribution in [2.24, 2.45) is 11.7 Å². The first kappa shape index (κ1) is 20.2. The van der Waals surface area contributed by atoms with Crippen LogP contribution in [0.15, 0.2) is 35.4 Å². The summed E-state index contributed by atoms with van der Waals surface area (Å²) in [5, 5.41) is 9.45. The third-order valence-corrected chi connectivity index (χ3v) is 3.34. The number of esters is 1. The summed E-state index contributed by atoms with van der Waals surface area (Å²) < 4.78 is 10.2. The van der Waals surface area contributed by atoms with E-state index in [1.807, 2.05) is 0 Å². The van der Waals surface area contributed by atoms with Gasteiger partial charge >= 0.3 is 11.9 Å². The Morgan fingerprint density at radius 2 is 1.76 bits per heavy atom. The molecule has 3 N–H and O–H groups in total. The smallest absolute Gasteiger partial charge is 0.334 e. The number of carbonyl (C=O) groups excluding carboxylic acids is 2. The van der Waals surface area contributed by atoms with E-state index in [-0.39, 0.29) is 36.7 Å². The van der Waals surface area contributed by atoms with Crippen LogP contribution in [-0.2, 0) is 25.5 Å². The van der Waals surface area contributed by atoms with E-state index in [9.17, 15) is 19.5 Å². The lowest BCUT2D eigenvalue weighted by Crippen LogP contribution is -2.20. The third-order valence-electron chi connectivity index (χ3n) is 3.34. The summed E-state index contributed by atoms with van der Waals surface area (Å²) >= 11 is 0. The minimum absolute atomic E-state index is 0.0347. The molecule has 7 nitrogen and oxygen atoms in total. The van der Waals surface area contributed by atoms with E-state index in [1.54, 1.807) is 45.0 Å². The summed E-state index contributed by atoms with van der Waals surface area (Å²) in [5.41, 5.74) is 5.88. The topological polar surface area (TPSA) is 116 Å². The number of carboxylic acids is 1. The zero-order valence-corrected chi connectivity index (χ0v) is 14.6. The number of carboxylic acid groups (broad SMARTS) is 1. The Morgan fingerprint density at radius 3 is 2.20 bits per heavy atom. The van der Waals surface area contributed by atoms with Gasteiger partial charge in [0, 0.05) is 6.42 Å². The van der Waals surface area contributed by atoms with Crippen molar-refractivity contribution in [1.29, 1.82) is 0 Å². The highest BCUT2D eigenvalue weighted by Crippen LogP contribution is 2.22. The first-order valence-corrected chi connectivity index (χ1v) is 7.89. The van der Waals surface area contributed by atoms with Crippen LogP contribution < -0.4 is 10.5 Å². The lowest BCUT2D eigenvalue weighted by molar-refractivity contribution is -0.140. The molecule has 1 aromatic carbocycles. The first-order valence-electron chi connectivity index (χ1n) is 7.89. The van der Waals surface area contributed by atoms with E-state index in [1.165, 1.54) is 0 Å². The van der Waals surface area contributed by atoms with E-state index in [4.69, 9.17) is 15.2 Å². The van der Waals surface area contributed by atoms with Gasteiger partial charge in [-0.15, -0.1) is 0 Å². The van der Waals surface area contributed by atoms with Gasteiger partial charge < -0.3 is 20.3 Å². The molecule has 7 heteroatoms. The number of aliphatic carboxylic acids is 1. The van der Waals surface area contributed by atoms with Crippen LogP contribution >= 0.6 is 0 Å². The molecule has 1 rings (SSSR count). The lowest BCUT2D eigenvalue weighted by atomic mass is 9.93. The molecule has 0 fully saturated rings. The fourth-order valence-electron chi connectivity index (χ4n) is 2.28. The molecule has 0 saturated carbocycles. The Hall–Kier alpha value is -2.83. The van der Waals surface area contributed by atoms with Crippen LogP contribution in [-0.4, -0.2) is 36.2 Å². The number of hydrogen-bond donors (Lipinski definition) is 2. The highest BCUT2D eigenvalue weighted by molar-refractivity contribution is 6.00. The second kappa shape index (κ2) is 9.46. The van der Waals surface area contributed by atoms with Gasteiger partial charge in [-0.1, -0.05) is 26.0 Å². The van der Waals surface area contributed by atoms with Crippen LogP contribution in [0, 0.1) is 5.92 Å². The van der Waals surface area contributed by atoms with Gasteiger partial charge in [0.1, 0.15) is 5.75 Å². The van der Waals surface area contributed by atoms with Gasteiger partial charge in [0.15, 0.2) is 6.61 Å². The lowest BCUT2D eigenvalue weighted by Gasteiger charge is -2.15. The number of amides is 1. The zero-order chi connectivity index (χ0) is 19.0. The highest BCUT2D eigenvalue weighted by Gasteiger charge is 2.24. The quantitative estimate of drug-likeness (QED) is 0.518. The van der Waals surface area contributed by atoms with Crippen LogP contribution in [0.25, 0.3) is 0 Å². The molecule has 0 bridgehead atoms. The Kier molecular flexibility index (Phi) is 7.65. The van der Waals surface area contributed by atoms with Crippen molar-refractivity contribution < 1.29 is 29.0 Å². The van der Waals surface area contributed by atoms with E-state index >= 15 is 0 Å². The average molecular weight is 349 g/mol. The monoisotopic (exact) mass is 349 g/mol. The molecule has 0 aliphatic rings. The maximum atomic E-state index is 12.2. The van der Waals surface area contributed by atoms with Gasteiger partial charge in [-0.2, -0.15) is 0 Å². The van der Waals surface area contributed by atoms with Crippen molar-refractivity contribution in [1.82, 2.24) is 0 Å². The van der Waals surface area contributed by atoms with Crippen molar-refractivity contribution in [3.8, 4) is 5.75 Å². The second-order valence-corrected chi connectivity index (χ2v) is 5.65. The minimum atomic E-state index is -1.14. The molecule has 136 valence electrons. The fraction of sp³-hybridized carbons (Fsp3) is 0.389. The molecule has 0 unspecified atom stereocenters. The summed E-state index contributed by atoms with van der Waals surface area (Å²) in [6.45, 7) is 5.01. The number of primary amides is 1. The van der Waals surface area contributed by atoms with Crippen molar-refractivity contribution in [3.63, 3.8) is 0 Å². The molecule has 0 radical (unpaired) electrons. The van der Waals surface area contributed by atoms with E-state index < -0.39 is 17.8 Å². The molecule has 0 saturated heterocycles. The molecule has 0 heterocycles. The molecular formula is C18H23NO6. The molecule has 1 amide bonds. The van der Waals surface area contributed by atoms with Crippen molar-refractivity contribution >= 4 is 17.8 Å². The molecule has 0 atom stereocenters. The van der Waals surface area contributed by atoms with Crippen LogP contribution in [0.5, 0.6) is 5.75 Å². The molecule has 25 heavy (non-hydrogen) atoms. The largest absolute Gasteiger partial charge is 0.484 e.